The SMILES string of the molecule is COc1ccc(N2C[C@H](C(=O)Nc3nnc(SCC(=O)NCc4ccco4)s3)CC2=O)cc1. The standard InChI is InChI=1S/C21H21N5O5S2/c1-30-15-6-4-14(5-7-15)26-11-13(9-18(26)28)19(29)23-20-24-25-21(33-20)32-12-17(27)22-10-16-3-2-8-31-16/h2-8,13H,9-12H2,1H3,(H,22,27)(H,23,24,29)/t13-/m1/s1. The fraction of sp³-hybridized carbons (Fsp3) is 0.286. The lowest BCUT2D eigenvalue weighted by Gasteiger charge is -2.16. The van der Waals surface area contributed by atoms with E-state index in [-0.39, 0.29) is 36.4 Å². The Morgan fingerprint density at radius 3 is 2.82 bits per heavy atom. The summed E-state index contributed by atoms with van der Waals surface area (Å²) in [5.41, 5.74) is 0.719. The number of carbonyl (C=O) groups is 3. The molecule has 0 spiro atoms. The number of carbonyl (C=O) groups excluding carboxylic acids is 3. The van der Waals surface area contributed by atoms with Crippen molar-refractivity contribution >= 4 is 51.6 Å². The summed E-state index contributed by atoms with van der Waals surface area (Å²) in [5, 5.41) is 13.8. The first kappa shape index (κ1) is 22.8. The van der Waals surface area contributed by atoms with Crippen LogP contribution in [0.1, 0.15) is 12.2 Å². The van der Waals surface area contributed by atoms with Crippen LogP contribution in [0.15, 0.2) is 51.4 Å². The van der Waals surface area contributed by atoms with E-state index >= 15 is 0 Å². The van der Waals surface area contributed by atoms with E-state index < -0.39 is 5.92 Å². The van der Waals surface area contributed by atoms with E-state index in [1.807, 2.05) is 0 Å². The first-order chi connectivity index (χ1) is 16.0. The fourth-order valence-corrected chi connectivity index (χ4v) is 4.78. The maximum absolute atomic E-state index is 12.7. The number of thioether (sulfide) groups is 1. The van der Waals surface area contributed by atoms with Gasteiger partial charge in [0.05, 0.1) is 31.6 Å². The summed E-state index contributed by atoms with van der Waals surface area (Å²) < 4.78 is 10.9. The van der Waals surface area contributed by atoms with Crippen molar-refractivity contribution in [2.75, 3.05) is 29.6 Å². The lowest BCUT2D eigenvalue weighted by molar-refractivity contribution is -0.122. The second kappa shape index (κ2) is 10.5. The summed E-state index contributed by atoms with van der Waals surface area (Å²) in [6, 6.07) is 10.7. The fourth-order valence-electron chi connectivity index (χ4n) is 3.20. The van der Waals surface area contributed by atoms with Crippen molar-refractivity contribution in [2.45, 2.75) is 17.3 Å². The van der Waals surface area contributed by atoms with E-state index in [0.717, 1.165) is 5.69 Å². The number of hydrogen-bond donors (Lipinski definition) is 2. The molecular weight excluding hydrogens is 466 g/mol. The van der Waals surface area contributed by atoms with E-state index in [0.29, 0.717) is 27.5 Å². The predicted molar refractivity (Wildman–Crippen MR) is 123 cm³/mol. The maximum atomic E-state index is 12.7. The molecule has 1 atom stereocenters. The van der Waals surface area contributed by atoms with E-state index in [4.69, 9.17) is 9.15 Å². The van der Waals surface area contributed by atoms with E-state index in [1.54, 1.807) is 54.7 Å². The Hall–Kier alpha value is -3.38. The number of rotatable bonds is 9. The van der Waals surface area contributed by atoms with Crippen LogP contribution in [0.3, 0.4) is 0 Å². The van der Waals surface area contributed by atoms with E-state index in [9.17, 15) is 14.4 Å². The number of amides is 3. The topological polar surface area (TPSA) is 127 Å². The summed E-state index contributed by atoms with van der Waals surface area (Å²) in [6.45, 7) is 0.602. The molecule has 0 unspecified atom stereocenters. The van der Waals surface area contributed by atoms with Gasteiger partial charge in [0.2, 0.25) is 22.9 Å². The molecule has 3 aromatic rings. The average molecular weight is 488 g/mol. The smallest absolute Gasteiger partial charge is 0.231 e. The van der Waals surface area contributed by atoms with Crippen LogP contribution < -0.4 is 20.3 Å². The van der Waals surface area contributed by atoms with Crippen LogP contribution in [-0.2, 0) is 20.9 Å². The van der Waals surface area contributed by atoms with Crippen molar-refractivity contribution in [1.29, 1.82) is 0 Å². The molecule has 10 nitrogen and oxygen atoms in total. The highest BCUT2D eigenvalue weighted by atomic mass is 32.2. The molecule has 0 radical (unpaired) electrons. The van der Waals surface area contributed by atoms with Gasteiger partial charge in [0, 0.05) is 18.7 Å². The van der Waals surface area contributed by atoms with Gasteiger partial charge >= 0.3 is 0 Å². The van der Waals surface area contributed by atoms with Gasteiger partial charge in [-0.25, -0.2) is 0 Å². The summed E-state index contributed by atoms with van der Waals surface area (Å²) in [4.78, 5) is 38.6. The van der Waals surface area contributed by atoms with Gasteiger partial charge in [0.15, 0.2) is 4.34 Å². The monoisotopic (exact) mass is 487 g/mol. The van der Waals surface area contributed by atoms with Crippen molar-refractivity contribution in [3.8, 4) is 5.75 Å². The molecule has 3 heterocycles. The molecule has 2 N–H and O–H groups in total. The van der Waals surface area contributed by atoms with Crippen LogP contribution in [0.5, 0.6) is 5.75 Å². The summed E-state index contributed by atoms with van der Waals surface area (Å²) in [6.07, 6.45) is 1.67. The highest BCUT2D eigenvalue weighted by Gasteiger charge is 2.35. The van der Waals surface area contributed by atoms with E-state index in [2.05, 4.69) is 20.8 Å². The number of furan rings is 1. The quantitative estimate of drug-likeness (QED) is 0.348. The molecule has 2 aromatic heterocycles. The van der Waals surface area contributed by atoms with Crippen LogP contribution in [0, 0.1) is 5.92 Å². The largest absolute Gasteiger partial charge is 0.497 e. The molecule has 0 saturated carbocycles. The van der Waals surface area contributed by atoms with Crippen molar-refractivity contribution in [1.82, 2.24) is 15.5 Å². The molecule has 3 amide bonds. The molecule has 33 heavy (non-hydrogen) atoms. The minimum Gasteiger partial charge on any atom is -0.497 e. The number of ether oxygens (including phenoxy) is 1. The third-order valence-corrected chi connectivity index (χ3v) is 6.86. The minimum atomic E-state index is -0.494. The lowest BCUT2D eigenvalue weighted by Crippen LogP contribution is -2.28. The first-order valence-corrected chi connectivity index (χ1v) is 11.8. The van der Waals surface area contributed by atoms with Crippen LogP contribution >= 0.6 is 23.1 Å². The normalized spacial score (nSPS) is 15.5. The van der Waals surface area contributed by atoms with Gasteiger partial charge in [-0.1, -0.05) is 23.1 Å². The Balaban J connectivity index is 1.25. The third kappa shape index (κ3) is 5.90. The second-order valence-corrected chi connectivity index (χ2v) is 9.31. The molecule has 0 aliphatic carbocycles. The molecule has 0 bridgehead atoms. The Labute approximate surface area is 197 Å². The number of nitrogens with one attached hydrogen (secondary N) is 2. The van der Waals surface area contributed by atoms with Crippen LogP contribution in [-0.4, -0.2) is 47.3 Å². The van der Waals surface area contributed by atoms with Crippen LogP contribution in [0.2, 0.25) is 0 Å². The number of anilines is 2. The van der Waals surface area contributed by atoms with Crippen molar-refractivity contribution in [2.24, 2.45) is 5.92 Å². The Kier molecular flexibility index (Phi) is 7.25. The molecule has 1 saturated heterocycles. The van der Waals surface area contributed by atoms with Gasteiger partial charge in [0.1, 0.15) is 11.5 Å². The van der Waals surface area contributed by atoms with Crippen LogP contribution in [0.4, 0.5) is 10.8 Å². The van der Waals surface area contributed by atoms with E-state index in [1.165, 1.54) is 23.1 Å². The second-order valence-electron chi connectivity index (χ2n) is 7.11. The summed E-state index contributed by atoms with van der Waals surface area (Å²) in [7, 11) is 1.57. The van der Waals surface area contributed by atoms with Gasteiger partial charge < -0.3 is 24.7 Å². The molecule has 4 rings (SSSR count). The van der Waals surface area contributed by atoms with Crippen molar-refractivity contribution in [3.63, 3.8) is 0 Å². The maximum Gasteiger partial charge on any atom is 0.231 e. The van der Waals surface area contributed by atoms with Gasteiger partial charge in [-0.3, -0.25) is 14.4 Å². The highest BCUT2D eigenvalue weighted by molar-refractivity contribution is 8.01. The number of methoxy groups -OCH3 is 1. The zero-order valence-electron chi connectivity index (χ0n) is 17.6. The molecule has 1 aromatic carbocycles. The first-order valence-electron chi connectivity index (χ1n) is 10.0. The van der Waals surface area contributed by atoms with Gasteiger partial charge in [-0.2, -0.15) is 0 Å². The van der Waals surface area contributed by atoms with Crippen molar-refractivity contribution in [3.05, 3.63) is 48.4 Å². The zero-order chi connectivity index (χ0) is 23.2. The molecule has 1 aliphatic rings. The Morgan fingerprint density at radius 2 is 2.09 bits per heavy atom. The highest BCUT2D eigenvalue weighted by Crippen LogP contribution is 2.29. The average Bonchev–Trinajstić information content (AvgIpc) is 3.58. The minimum absolute atomic E-state index is 0.116. The summed E-state index contributed by atoms with van der Waals surface area (Å²) >= 11 is 2.40. The van der Waals surface area contributed by atoms with Gasteiger partial charge in [-0.05, 0) is 36.4 Å². The van der Waals surface area contributed by atoms with Crippen molar-refractivity contribution < 1.29 is 23.5 Å². The number of nitrogens with zero attached hydrogens (tertiary/aromatic N) is 3. The Morgan fingerprint density at radius 1 is 1.27 bits per heavy atom. The molecular formula is C21H21N5O5S2. The van der Waals surface area contributed by atoms with Crippen LogP contribution in [0.25, 0.3) is 0 Å². The number of hydrogen-bond acceptors (Lipinski definition) is 9. The predicted octanol–water partition coefficient (Wildman–Crippen LogP) is 2.54. The Bertz CT molecular complexity index is 1120. The lowest BCUT2D eigenvalue weighted by atomic mass is 10.1. The molecule has 1 fully saturated rings. The molecule has 12 heteroatoms. The zero-order valence-corrected chi connectivity index (χ0v) is 19.3. The van der Waals surface area contributed by atoms with Gasteiger partial charge in [0.25, 0.3) is 0 Å². The molecule has 172 valence electrons. The third-order valence-electron chi connectivity index (χ3n) is 4.88. The number of benzene rings is 1. The summed E-state index contributed by atoms with van der Waals surface area (Å²) in [5.74, 6) is 0.465. The van der Waals surface area contributed by atoms with Gasteiger partial charge in [-0.15, -0.1) is 10.2 Å². The molecule has 1 aliphatic heterocycles. The number of aromatic nitrogens is 2.